The Bertz CT molecular complexity index is 449. The predicted molar refractivity (Wildman–Crippen MR) is 68.7 cm³/mol. The fourth-order valence-corrected chi connectivity index (χ4v) is 1.65. The van der Waals surface area contributed by atoms with E-state index in [0.717, 1.165) is 0 Å². The van der Waals surface area contributed by atoms with E-state index in [1.807, 2.05) is 0 Å². The van der Waals surface area contributed by atoms with E-state index >= 15 is 0 Å². The SMILES string of the molecule is CC(=O)C(C)(C)NC(=O)c1cc(Cl)cc(Cl)c1. The number of ketones is 1. The lowest BCUT2D eigenvalue weighted by molar-refractivity contribution is -0.121. The highest BCUT2D eigenvalue weighted by molar-refractivity contribution is 6.35. The van der Waals surface area contributed by atoms with Crippen LogP contribution in [0.4, 0.5) is 0 Å². The van der Waals surface area contributed by atoms with Gasteiger partial charge in [0.2, 0.25) is 0 Å². The third-order valence-electron chi connectivity index (χ3n) is 2.43. The molecule has 0 fully saturated rings. The number of benzene rings is 1. The zero-order chi connectivity index (χ0) is 13.2. The molecule has 0 aromatic heterocycles. The van der Waals surface area contributed by atoms with Crippen LogP contribution in [-0.4, -0.2) is 17.2 Å². The number of Topliss-reactive ketones (excluding diaryl/α,β-unsaturated/α-hetero) is 1. The minimum atomic E-state index is -0.911. The van der Waals surface area contributed by atoms with Crippen LogP contribution in [0.2, 0.25) is 10.0 Å². The van der Waals surface area contributed by atoms with Crippen molar-refractivity contribution in [3.05, 3.63) is 33.8 Å². The fraction of sp³-hybridized carbons (Fsp3) is 0.333. The summed E-state index contributed by atoms with van der Waals surface area (Å²) in [5.41, 5.74) is -0.580. The molecule has 17 heavy (non-hydrogen) atoms. The van der Waals surface area contributed by atoms with Gasteiger partial charge >= 0.3 is 0 Å². The number of nitrogens with one attached hydrogen (secondary N) is 1. The van der Waals surface area contributed by atoms with Crippen LogP contribution in [0, 0.1) is 0 Å². The van der Waals surface area contributed by atoms with Gasteiger partial charge in [0.15, 0.2) is 5.78 Å². The highest BCUT2D eigenvalue weighted by atomic mass is 35.5. The molecule has 0 unspecified atom stereocenters. The largest absolute Gasteiger partial charge is 0.340 e. The lowest BCUT2D eigenvalue weighted by atomic mass is 10.00. The lowest BCUT2D eigenvalue weighted by Gasteiger charge is -2.23. The molecule has 0 bridgehead atoms. The van der Waals surface area contributed by atoms with E-state index in [4.69, 9.17) is 23.2 Å². The summed E-state index contributed by atoms with van der Waals surface area (Å²) in [7, 11) is 0. The van der Waals surface area contributed by atoms with Crippen LogP contribution in [0.3, 0.4) is 0 Å². The van der Waals surface area contributed by atoms with E-state index in [9.17, 15) is 9.59 Å². The van der Waals surface area contributed by atoms with Crippen LogP contribution >= 0.6 is 23.2 Å². The Morgan fingerprint density at radius 1 is 1.12 bits per heavy atom. The first-order valence-corrected chi connectivity index (χ1v) is 5.77. The number of hydrogen-bond acceptors (Lipinski definition) is 2. The standard InChI is InChI=1S/C12H13Cl2NO2/c1-7(16)12(2,3)15-11(17)8-4-9(13)6-10(14)5-8/h4-6H,1-3H3,(H,15,17). The molecule has 0 saturated heterocycles. The van der Waals surface area contributed by atoms with E-state index in [1.54, 1.807) is 13.8 Å². The Morgan fingerprint density at radius 3 is 2.00 bits per heavy atom. The van der Waals surface area contributed by atoms with Gasteiger partial charge in [-0.15, -0.1) is 0 Å². The second-order valence-electron chi connectivity index (χ2n) is 4.29. The molecular formula is C12H13Cl2NO2. The van der Waals surface area contributed by atoms with Crippen molar-refractivity contribution in [3.63, 3.8) is 0 Å². The molecule has 1 aromatic carbocycles. The van der Waals surface area contributed by atoms with Crippen LogP contribution in [-0.2, 0) is 4.79 Å². The highest BCUT2D eigenvalue weighted by Gasteiger charge is 2.26. The zero-order valence-electron chi connectivity index (χ0n) is 9.80. The maximum atomic E-state index is 11.9. The summed E-state index contributed by atoms with van der Waals surface area (Å²) in [4.78, 5) is 23.2. The molecule has 0 aliphatic heterocycles. The number of carbonyl (C=O) groups excluding carboxylic acids is 2. The summed E-state index contributed by atoms with van der Waals surface area (Å²) in [6.07, 6.45) is 0. The molecule has 1 rings (SSSR count). The summed E-state index contributed by atoms with van der Waals surface area (Å²) in [5.74, 6) is -0.506. The average Bonchev–Trinajstić information content (AvgIpc) is 2.15. The second-order valence-corrected chi connectivity index (χ2v) is 5.17. The third-order valence-corrected chi connectivity index (χ3v) is 2.87. The maximum absolute atomic E-state index is 11.9. The molecule has 0 radical (unpaired) electrons. The summed E-state index contributed by atoms with van der Waals surface area (Å²) in [6.45, 7) is 4.70. The quantitative estimate of drug-likeness (QED) is 0.920. The molecule has 0 saturated carbocycles. The van der Waals surface area contributed by atoms with Crippen molar-refractivity contribution < 1.29 is 9.59 Å². The smallest absolute Gasteiger partial charge is 0.252 e. The van der Waals surface area contributed by atoms with Crippen molar-refractivity contribution >= 4 is 34.9 Å². The van der Waals surface area contributed by atoms with E-state index in [-0.39, 0.29) is 11.7 Å². The molecule has 0 atom stereocenters. The molecule has 3 nitrogen and oxygen atoms in total. The van der Waals surface area contributed by atoms with E-state index in [0.29, 0.717) is 15.6 Å². The monoisotopic (exact) mass is 273 g/mol. The molecule has 1 aromatic rings. The number of amides is 1. The van der Waals surface area contributed by atoms with Crippen molar-refractivity contribution in [3.8, 4) is 0 Å². The van der Waals surface area contributed by atoms with Gasteiger partial charge < -0.3 is 5.32 Å². The number of hydrogen-bond donors (Lipinski definition) is 1. The van der Waals surface area contributed by atoms with Gasteiger partial charge in [-0.25, -0.2) is 0 Å². The Morgan fingerprint density at radius 2 is 1.59 bits per heavy atom. The summed E-state index contributed by atoms with van der Waals surface area (Å²) < 4.78 is 0. The molecule has 92 valence electrons. The van der Waals surface area contributed by atoms with Gasteiger partial charge in [-0.05, 0) is 39.0 Å². The molecule has 5 heteroatoms. The second kappa shape index (κ2) is 5.07. The topological polar surface area (TPSA) is 46.2 Å². The van der Waals surface area contributed by atoms with Crippen LogP contribution < -0.4 is 5.32 Å². The minimum Gasteiger partial charge on any atom is -0.340 e. The van der Waals surface area contributed by atoms with Gasteiger partial charge in [0.05, 0.1) is 5.54 Å². The molecule has 0 heterocycles. The Labute approximate surface area is 110 Å². The number of carbonyl (C=O) groups is 2. The fourth-order valence-electron chi connectivity index (χ4n) is 1.13. The van der Waals surface area contributed by atoms with Gasteiger partial charge in [0.25, 0.3) is 5.91 Å². The molecule has 1 amide bonds. The van der Waals surface area contributed by atoms with Crippen molar-refractivity contribution in [2.45, 2.75) is 26.3 Å². The van der Waals surface area contributed by atoms with Crippen molar-refractivity contribution in [1.29, 1.82) is 0 Å². The van der Waals surface area contributed by atoms with Gasteiger partial charge in [-0.1, -0.05) is 23.2 Å². The zero-order valence-corrected chi connectivity index (χ0v) is 11.3. The average molecular weight is 274 g/mol. The van der Waals surface area contributed by atoms with Gasteiger partial charge in [0.1, 0.15) is 0 Å². The number of rotatable bonds is 3. The van der Waals surface area contributed by atoms with Crippen molar-refractivity contribution in [2.24, 2.45) is 0 Å². The Hall–Kier alpha value is -1.06. The normalized spacial score (nSPS) is 11.1. The number of halogens is 2. The molecular weight excluding hydrogens is 261 g/mol. The van der Waals surface area contributed by atoms with Crippen LogP contribution in [0.25, 0.3) is 0 Å². The van der Waals surface area contributed by atoms with Crippen LogP contribution in [0.15, 0.2) is 18.2 Å². The van der Waals surface area contributed by atoms with E-state index in [1.165, 1.54) is 25.1 Å². The van der Waals surface area contributed by atoms with E-state index < -0.39 is 5.54 Å². The van der Waals surface area contributed by atoms with Gasteiger partial charge in [0, 0.05) is 15.6 Å². The van der Waals surface area contributed by atoms with Crippen molar-refractivity contribution in [2.75, 3.05) is 0 Å². The predicted octanol–water partition coefficient (Wildman–Crippen LogP) is 3.09. The van der Waals surface area contributed by atoms with E-state index in [2.05, 4.69) is 5.32 Å². The van der Waals surface area contributed by atoms with Crippen LogP contribution in [0.5, 0.6) is 0 Å². The summed E-state index contributed by atoms with van der Waals surface area (Å²) >= 11 is 11.6. The van der Waals surface area contributed by atoms with Gasteiger partial charge in [-0.2, -0.15) is 0 Å². The first-order chi connectivity index (χ1) is 7.72. The minimum absolute atomic E-state index is 0.126. The van der Waals surface area contributed by atoms with Crippen LogP contribution in [0.1, 0.15) is 31.1 Å². The maximum Gasteiger partial charge on any atom is 0.252 e. The third kappa shape index (κ3) is 3.72. The van der Waals surface area contributed by atoms with Crippen molar-refractivity contribution in [1.82, 2.24) is 5.32 Å². The molecule has 0 aliphatic carbocycles. The molecule has 1 N–H and O–H groups in total. The lowest BCUT2D eigenvalue weighted by Crippen LogP contribution is -2.48. The molecule has 0 aliphatic rings. The summed E-state index contributed by atoms with van der Waals surface area (Å²) in [6, 6.07) is 4.54. The Balaban J connectivity index is 2.94. The van der Waals surface area contributed by atoms with Gasteiger partial charge in [-0.3, -0.25) is 9.59 Å². The first kappa shape index (κ1) is 14.0. The highest BCUT2D eigenvalue weighted by Crippen LogP contribution is 2.19. The first-order valence-electron chi connectivity index (χ1n) is 5.02. The Kier molecular flexibility index (Phi) is 4.17. The molecule has 0 spiro atoms. The summed E-state index contributed by atoms with van der Waals surface area (Å²) in [5, 5.41) is 3.38.